The molecule has 2 amide bonds. The van der Waals surface area contributed by atoms with Gasteiger partial charge < -0.3 is 5.32 Å². The van der Waals surface area contributed by atoms with Gasteiger partial charge in [0.25, 0.3) is 0 Å². The summed E-state index contributed by atoms with van der Waals surface area (Å²) in [5.41, 5.74) is 0. The van der Waals surface area contributed by atoms with Gasteiger partial charge in [-0.3, -0.25) is 14.5 Å². The predicted octanol–water partition coefficient (Wildman–Crippen LogP) is 2.38. The van der Waals surface area contributed by atoms with Crippen molar-refractivity contribution in [2.75, 3.05) is 6.54 Å². The van der Waals surface area contributed by atoms with E-state index in [0.29, 0.717) is 0 Å². The summed E-state index contributed by atoms with van der Waals surface area (Å²) in [6, 6.07) is -0.659. The lowest BCUT2D eigenvalue weighted by atomic mass is 9.94. The molecule has 2 fully saturated rings. The van der Waals surface area contributed by atoms with Crippen molar-refractivity contribution < 1.29 is 22.8 Å². The molecule has 1 unspecified atom stereocenters. The van der Waals surface area contributed by atoms with Crippen LogP contribution in [0.4, 0.5) is 13.2 Å². The number of carbonyl (C=O) groups excluding carboxylic acids is 2. The minimum atomic E-state index is -4.18. The molecule has 1 aliphatic carbocycles. The Bertz CT molecular complexity index is 392. The fourth-order valence-corrected chi connectivity index (χ4v) is 3.10. The number of likely N-dealkylation sites (tertiary alicyclic amines) is 1. The molecule has 0 aromatic heterocycles. The molecule has 0 aromatic rings. The van der Waals surface area contributed by atoms with Crippen LogP contribution in [-0.4, -0.2) is 41.5 Å². The molecule has 4 nitrogen and oxygen atoms in total. The Morgan fingerprint density at radius 1 is 1.14 bits per heavy atom. The highest BCUT2D eigenvalue weighted by atomic mass is 19.4. The molecule has 1 atom stereocenters. The van der Waals surface area contributed by atoms with Gasteiger partial charge in [-0.1, -0.05) is 19.3 Å². The van der Waals surface area contributed by atoms with Gasteiger partial charge in [0.2, 0.25) is 11.8 Å². The molecule has 0 bridgehead atoms. The summed E-state index contributed by atoms with van der Waals surface area (Å²) in [6.45, 7) is 0.0989. The van der Waals surface area contributed by atoms with Gasteiger partial charge in [-0.15, -0.1) is 0 Å². The molecular formula is C14H21F3N2O2. The maximum Gasteiger partial charge on any atom is 0.389 e. The lowest BCUT2D eigenvalue weighted by Crippen LogP contribution is -2.45. The lowest BCUT2D eigenvalue weighted by Gasteiger charge is -2.29. The average molecular weight is 306 g/mol. The Kier molecular flexibility index (Phi) is 5.24. The first kappa shape index (κ1) is 16.3. The van der Waals surface area contributed by atoms with Crippen molar-refractivity contribution in [3.05, 3.63) is 0 Å². The third-order valence-electron chi connectivity index (χ3n) is 4.15. The lowest BCUT2D eigenvalue weighted by molar-refractivity contribution is -0.142. The second-order valence-corrected chi connectivity index (χ2v) is 5.82. The van der Waals surface area contributed by atoms with Crippen molar-refractivity contribution in [2.45, 2.75) is 69.6 Å². The first-order valence-corrected chi connectivity index (χ1v) is 7.54. The molecule has 7 heteroatoms. The van der Waals surface area contributed by atoms with Gasteiger partial charge in [0.05, 0.1) is 12.5 Å². The highest BCUT2D eigenvalue weighted by molar-refractivity contribution is 6.05. The molecule has 21 heavy (non-hydrogen) atoms. The second-order valence-electron chi connectivity index (χ2n) is 5.82. The van der Waals surface area contributed by atoms with E-state index in [0.717, 1.165) is 32.1 Å². The van der Waals surface area contributed by atoms with Gasteiger partial charge in [0.15, 0.2) is 0 Å². The Balaban J connectivity index is 1.80. The largest absolute Gasteiger partial charge is 0.389 e. The Morgan fingerprint density at radius 3 is 2.43 bits per heavy atom. The van der Waals surface area contributed by atoms with E-state index in [4.69, 9.17) is 0 Å². The molecule has 0 radical (unpaired) electrons. The van der Waals surface area contributed by atoms with E-state index in [1.807, 2.05) is 0 Å². The highest BCUT2D eigenvalue weighted by Gasteiger charge is 2.42. The van der Waals surface area contributed by atoms with E-state index in [9.17, 15) is 22.8 Å². The van der Waals surface area contributed by atoms with Crippen LogP contribution in [0.15, 0.2) is 0 Å². The molecule has 1 aliphatic heterocycles. The molecule has 1 N–H and O–H groups in total. The van der Waals surface area contributed by atoms with Crippen molar-refractivity contribution >= 4 is 11.8 Å². The first-order valence-electron chi connectivity index (χ1n) is 7.54. The fourth-order valence-electron chi connectivity index (χ4n) is 3.10. The van der Waals surface area contributed by atoms with E-state index >= 15 is 0 Å². The van der Waals surface area contributed by atoms with Crippen LogP contribution in [0.2, 0.25) is 0 Å². The van der Waals surface area contributed by atoms with Crippen LogP contribution in [-0.2, 0) is 9.59 Å². The minimum Gasteiger partial charge on any atom is -0.305 e. The molecule has 1 heterocycles. The summed E-state index contributed by atoms with van der Waals surface area (Å²) < 4.78 is 36.1. The summed E-state index contributed by atoms with van der Waals surface area (Å²) in [7, 11) is 0. The van der Waals surface area contributed by atoms with Gasteiger partial charge >= 0.3 is 6.18 Å². The van der Waals surface area contributed by atoms with E-state index in [1.54, 1.807) is 0 Å². The normalized spacial score (nSPS) is 24.9. The molecule has 2 rings (SSSR count). The number of hydrogen-bond acceptors (Lipinski definition) is 3. The first-order chi connectivity index (χ1) is 9.88. The third-order valence-corrected chi connectivity index (χ3v) is 4.15. The zero-order valence-corrected chi connectivity index (χ0v) is 11.9. The number of carbonyl (C=O) groups is 2. The molecule has 120 valence electrons. The maximum atomic E-state index is 12.2. The van der Waals surface area contributed by atoms with Gasteiger partial charge in [-0.2, -0.15) is 13.2 Å². The summed E-state index contributed by atoms with van der Waals surface area (Å²) in [6.07, 6.45) is -0.196. The smallest absolute Gasteiger partial charge is 0.305 e. The van der Waals surface area contributed by atoms with E-state index in [2.05, 4.69) is 5.32 Å². The summed E-state index contributed by atoms with van der Waals surface area (Å²) in [5.74, 6) is -0.459. The number of amides is 2. The van der Waals surface area contributed by atoms with E-state index in [-0.39, 0.29) is 37.2 Å². The van der Waals surface area contributed by atoms with Crippen molar-refractivity contribution in [2.24, 2.45) is 0 Å². The summed E-state index contributed by atoms with van der Waals surface area (Å²) in [4.78, 5) is 25.5. The second kappa shape index (κ2) is 6.77. The third kappa shape index (κ3) is 4.43. The zero-order chi connectivity index (χ0) is 15.5. The summed E-state index contributed by atoms with van der Waals surface area (Å²) in [5, 5.41) is 2.79. The van der Waals surface area contributed by atoms with Gasteiger partial charge in [0.1, 0.15) is 0 Å². The van der Waals surface area contributed by atoms with Crippen LogP contribution in [0.1, 0.15) is 51.4 Å². The maximum absolute atomic E-state index is 12.2. The summed E-state index contributed by atoms with van der Waals surface area (Å²) >= 11 is 0. The van der Waals surface area contributed by atoms with Crippen LogP contribution >= 0.6 is 0 Å². The zero-order valence-electron chi connectivity index (χ0n) is 11.9. The highest BCUT2D eigenvalue weighted by Crippen LogP contribution is 2.27. The van der Waals surface area contributed by atoms with E-state index in [1.165, 1.54) is 4.90 Å². The van der Waals surface area contributed by atoms with Gasteiger partial charge in [-0.25, -0.2) is 0 Å². The minimum absolute atomic E-state index is 0.0132. The number of alkyl halides is 3. The molecular weight excluding hydrogens is 285 g/mol. The van der Waals surface area contributed by atoms with Crippen LogP contribution in [0.3, 0.4) is 0 Å². The van der Waals surface area contributed by atoms with Crippen molar-refractivity contribution in [3.8, 4) is 0 Å². The SMILES string of the molecule is O=C1CC(NCCCC(F)(F)F)C(=O)N1C1CCCCC1. The number of imide groups is 1. The molecule has 2 aliphatic rings. The number of nitrogens with one attached hydrogen (secondary N) is 1. The van der Waals surface area contributed by atoms with Crippen LogP contribution in [0, 0.1) is 0 Å². The Labute approximate surface area is 122 Å². The fraction of sp³-hybridized carbons (Fsp3) is 0.857. The Morgan fingerprint density at radius 2 is 1.81 bits per heavy atom. The molecule has 0 spiro atoms. The number of halogens is 3. The van der Waals surface area contributed by atoms with Crippen molar-refractivity contribution in [1.29, 1.82) is 0 Å². The number of nitrogens with zero attached hydrogens (tertiary/aromatic N) is 1. The van der Waals surface area contributed by atoms with E-state index < -0.39 is 18.6 Å². The van der Waals surface area contributed by atoms with Crippen molar-refractivity contribution in [1.82, 2.24) is 10.2 Å². The molecule has 1 saturated heterocycles. The number of rotatable bonds is 5. The average Bonchev–Trinajstić information content (AvgIpc) is 2.69. The predicted molar refractivity (Wildman–Crippen MR) is 70.4 cm³/mol. The van der Waals surface area contributed by atoms with Crippen LogP contribution in [0.25, 0.3) is 0 Å². The standard InChI is InChI=1S/C14H21F3N2O2/c15-14(16,17)7-4-8-18-11-9-12(20)19(13(11)21)10-5-2-1-3-6-10/h10-11,18H,1-9H2. The molecule has 1 saturated carbocycles. The monoisotopic (exact) mass is 306 g/mol. The quantitative estimate of drug-likeness (QED) is 0.627. The Hall–Kier alpha value is -1.11. The van der Waals surface area contributed by atoms with Crippen molar-refractivity contribution in [3.63, 3.8) is 0 Å². The molecule has 0 aromatic carbocycles. The topological polar surface area (TPSA) is 49.4 Å². The van der Waals surface area contributed by atoms with Crippen LogP contribution in [0.5, 0.6) is 0 Å². The van der Waals surface area contributed by atoms with Crippen LogP contribution < -0.4 is 5.32 Å². The number of hydrogen-bond donors (Lipinski definition) is 1. The van der Waals surface area contributed by atoms with Gasteiger partial charge in [-0.05, 0) is 25.8 Å². The van der Waals surface area contributed by atoms with Gasteiger partial charge in [0, 0.05) is 12.5 Å².